The van der Waals surface area contributed by atoms with E-state index in [2.05, 4.69) is 30.1 Å². The van der Waals surface area contributed by atoms with E-state index in [0.717, 1.165) is 33.9 Å². The van der Waals surface area contributed by atoms with Gasteiger partial charge in [0.15, 0.2) is 0 Å². The molecule has 0 saturated heterocycles. The van der Waals surface area contributed by atoms with Crippen molar-refractivity contribution in [2.45, 2.75) is 39.7 Å². The van der Waals surface area contributed by atoms with Gasteiger partial charge in [0.1, 0.15) is 16.8 Å². The Morgan fingerprint density at radius 2 is 2.09 bits per heavy atom. The first kappa shape index (κ1) is 24.4. The summed E-state index contributed by atoms with van der Waals surface area (Å²) in [6, 6.07) is 14.1. The molecule has 0 bridgehead atoms. The zero-order valence-electron chi connectivity index (χ0n) is 19.5. The van der Waals surface area contributed by atoms with Crippen molar-refractivity contribution in [3.63, 3.8) is 0 Å². The molecule has 172 valence electrons. The second kappa shape index (κ2) is 11.1. The highest BCUT2D eigenvalue weighted by molar-refractivity contribution is 7.18. The summed E-state index contributed by atoms with van der Waals surface area (Å²) >= 11 is 1.60. The van der Waals surface area contributed by atoms with Crippen molar-refractivity contribution in [3.05, 3.63) is 59.3 Å². The Morgan fingerprint density at radius 3 is 2.76 bits per heavy atom. The Labute approximate surface area is 199 Å². The quantitative estimate of drug-likeness (QED) is 0.441. The molecular formula is C26H29N3O3S. The Kier molecular flexibility index (Phi) is 8.21. The van der Waals surface area contributed by atoms with Crippen LogP contribution in [-0.4, -0.2) is 47.2 Å². The number of thiazole rings is 1. The lowest BCUT2D eigenvalue weighted by Gasteiger charge is -2.17. The molecule has 0 aliphatic carbocycles. The van der Waals surface area contributed by atoms with Crippen molar-refractivity contribution in [2.24, 2.45) is 0 Å². The van der Waals surface area contributed by atoms with Crippen LogP contribution in [0.2, 0.25) is 0 Å². The van der Waals surface area contributed by atoms with Crippen LogP contribution >= 0.6 is 11.3 Å². The normalized spacial score (nSPS) is 11.1. The van der Waals surface area contributed by atoms with Crippen molar-refractivity contribution in [1.82, 2.24) is 9.88 Å². The molecular weight excluding hydrogens is 434 g/mol. The lowest BCUT2D eigenvalue weighted by atomic mass is 9.96. The van der Waals surface area contributed by atoms with E-state index in [0.29, 0.717) is 17.9 Å². The average molecular weight is 464 g/mol. The Morgan fingerprint density at radius 1 is 1.30 bits per heavy atom. The molecule has 0 aliphatic heterocycles. The van der Waals surface area contributed by atoms with Crippen LogP contribution in [0.25, 0.3) is 21.0 Å². The number of benzene rings is 2. The Hall–Kier alpha value is -3.21. The van der Waals surface area contributed by atoms with Crippen molar-refractivity contribution in [3.8, 4) is 32.8 Å². The fraction of sp³-hybridized carbons (Fsp3) is 0.346. The summed E-state index contributed by atoms with van der Waals surface area (Å²) < 4.78 is 5.73. The largest absolute Gasteiger partial charge is 0.490 e. The highest BCUT2D eigenvalue weighted by atomic mass is 32.1. The van der Waals surface area contributed by atoms with E-state index in [4.69, 9.17) is 9.84 Å². The molecule has 0 fully saturated rings. The van der Waals surface area contributed by atoms with Gasteiger partial charge in [-0.3, -0.25) is 9.69 Å². The van der Waals surface area contributed by atoms with Gasteiger partial charge in [-0.2, -0.15) is 5.26 Å². The maximum atomic E-state index is 10.9. The lowest BCUT2D eigenvalue weighted by molar-refractivity contribution is -0.137. The van der Waals surface area contributed by atoms with Crippen molar-refractivity contribution < 1.29 is 14.6 Å². The number of ether oxygens (including phenoxy) is 1. The standard InChI is InChI=1S/C26H29N3O3S/c1-5-21-18(11-12-29(4)16-25(30)31)7-6-8-22(21)24-15-28-26(33-24)19-9-10-23(32-17(2)3)20(13-19)14-27/h6-10,13,15,17H,5,11-12,16H2,1-4H3,(H,30,31). The molecule has 0 amide bonds. The molecule has 0 saturated carbocycles. The number of likely N-dealkylation sites (N-methyl/N-ethyl adjacent to an activating group) is 1. The molecule has 1 aromatic heterocycles. The van der Waals surface area contributed by atoms with Crippen LogP contribution in [0.1, 0.15) is 37.5 Å². The molecule has 0 unspecified atom stereocenters. The van der Waals surface area contributed by atoms with E-state index in [1.165, 1.54) is 11.1 Å². The molecule has 3 rings (SSSR count). The van der Waals surface area contributed by atoms with Crippen LogP contribution in [0.3, 0.4) is 0 Å². The number of hydrogen-bond acceptors (Lipinski definition) is 6. The zero-order valence-corrected chi connectivity index (χ0v) is 20.3. The van der Waals surface area contributed by atoms with Gasteiger partial charge in [0.05, 0.1) is 23.1 Å². The maximum Gasteiger partial charge on any atom is 0.317 e. The van der Waals surface area contributed by atoms with Gasteiger partial charge in [-0.1, -0.05) is 25.1 Å². The predicted molar refractivity (Wildman–Crippen MR) is 132 cm³/mol. The predicted octanol–water partition coefficient (Wildman–Crippen LogP) is 5.26. The van der Waals surface area contributed by atoms with Gasteiger partial charge in [-0.15, -0.1) is 11.3 Å². The van der Waals surface area contributed by atoms with Gasteiger partial charge >= 0.3 is 5.97 Å². The summed E-state index contributed by atoms with van der Waals surface area (Å²) in [5.74, 6) is -0.232. The first-order valence-corrected chi connectivity index (χ1v) is 11.8. The zero-order chi connectivity index (χ0) is 24.0. The molecule has 2 aromatic carbocycles. The van der Waals surface area contributed by atoms with Gasteiger partial charge in [-0.05, 0) is 68.6 Å². The van der Waals surface area contributed by atoms with E-state index in [-0.39, 0.29) is 12.6 Å². The molecule has 6 nitrogen and oxygen atoms in total. The lowest BCUT2D eigenvalue weighted by Crippen LogP contribution is -2.27. The Balaban J connectivity index is 1.87. The summed E-state index contributed by atoms with van der Waals surface area (Å²) in [7, 11) is 1.83. The minimum absolute atomic E-state index is 0.00179. The minimum Gasteiger partial charge on any atom is -0.490 e. The van der Waals surface area contributed by atoms with E-state index in [9.17, 15) is 10.1 Å². The third kappa shape index (κ3) is 6.19. The number of carbonyl (C=O) groups is 1. The fourth-order valence-corrected chi connectivity index (χ4v) is 4.74. The van der Waals surface area contributed by atoms with Crippen LogP contribution in [0.4, 0.5) is 0 Å². The first-order chi connectivity index (χ1) is 15.8. The van der Waals surface area contributed by atoms with Crippen LogP contribution in [-0.2, 0) is 17.6 Å². The highest BCUT2D eigenvalue weighted by Gasteiger charge is 2.15. The van der Waals surface area contributed by atoms with Crippen molar-refractivity contribution >= 4 is 17.3 Å². The third-order valence-corrected chi connectivity index (χ3v) is 6.36. The number of hydrogen-bond donors (Lipinski definition) is 1. The second-order valence-corrected chi connectivity index (χ2v) is 9.23. The average Bonchev–Trinajstić information content (AvgIpc) is 3.27. The number of carboxylic acids is 1. The molecule has 7 heteroatoms. The monoisotopic (exact) mass is 463 g/mol. The van der Waals surface area contributed by atoms with Gasteiger partial charge in [-0.25, -0.2) is 4.98 Å². The van der Waals surface area contributed by atoms with Gasteiger partial charge in [0.2, 0.25) is 0 Å². The molecule has 0 radical (unpaired) electrons. The number of nitriles is 1. The Bertz CT molecular complexity index is 1160. The minimum atomic E-state index is -0.817. The SMILES string of the molecule is CCc1c(CCN(C)CC(=O)O)cccc1-c1cnc(-c2ccc(OC(C)C)c(C#N)c2)s1. The van der Waals surface area contributed by atoms with Crippen molar-refractivity contribution in [2.75, 3.05) is 20.1 Å². The summed E-state index contributed by atoms with van der Waals surface area (Å²) in [4.78, 5) is 18.5. The van der Waals surface area contributed by atoms with Crippen LogP contribution in [0.5, 0.6) is 5.75 Å². The summed E-state index contributed by atoms with van der Waals surface area (Å²) in [5.41, 5.74) is 5.03. The molecule has 1 heterocycles. The number of aliphatic carboxylic acids is 1. The van der Waals surface area contributed by atoms with E-state index in [1.807, 2.05) is 56.3 Å². The van der Waals surface area contributed by atoms with Gasteiger partial charge in [0.25, 0.3) is 0 Å². The number of aromatic nitrogens is 1. The topological polar surface area (TPSA) is 86.5 Å². The van der Waals surface area contributed by atoms with E-state index in [1.54, 1.807) is 11.3 Å². The van der Waals surface area contributed by atoms with Gasteiger partial charge in [0, 0.05) is 18.3 Å². The van der Waals surface area contributed by atoms with E-state index < -0.39 is 5.97 Å². The summed E-state index contributed by atoms with van der Waals surface area (Å²) in [6.45, 7) is 6.72. The van der Waals surface area contributed by atoms with Crippen LogP contribution in [0, 0.1) is 11.3 Å². The molecule has 3 aromatic rings. The van der Waals surface area contributed by atoms with Crippen LogP contribution < -0.4 is 4.74 Å². The van der Waals surface area contributed by atoms with E-state index >= 15 is 0 Å². The maximum absolute atomic E-state index is 10.9. The van der Waals surface area contributed by atoms with Gasteiger partial charge < -0.3 is 9.84 Å². The molecule has 0 atom stereocenters. The number of rotatable bonds is 10. The first-order valence-electron chi connectivity index (χ1n) is 11.0. The molecule has 0 spiro atoms. The summed E-state index contributed by atoms with van der Waals surface area (Å²) in [5, 5.41) is 19.4. The molecule has 0 aliphatic rings. The molecule has 1 N–H and O–H groups in total. The molecule has 33 heavy (non-hydrogen) atoms. The smallest absolute Gasteiger partial charge is 0.317 e. The number of nitrogens with zero attached hydrogens (tertiary/aromatic N) is 3. The highest BCUT2D eigenvalue weighted by Crippen LogP contribution is 2.36. The summed E-state index contributed by atoms with van der Waals surface area (Å²) in [6.07, 6.45) is 3.55. The van der Waals surface area contributed by atoms with Crippen molar-refractivity contribution in [1.29, 1.82) is 5.26 Å². The van der Waals surface area contributed by atoms with Crippen LogP contribution in [0.15, 0.2) is 42.6 Å². The number of carboxylic acid groups (broad SMARTS) is 1. The fourth-order valence-electron chi connectivity index (χ4n) is 3.78. The third-order valence-electron chi connectivity index (χ3n) is 5.28. The second-order valence-electron chi connectivity index (χ2n) is 8.20.